The lowest BCUT2D eigenvalue weighted by Gasteiger charge is -2.08. The highest BCUT2D eigenvalue weighted by Crippen LogP contribution is 2.15. The summed E-state index contributed by atoms with van der Waals surface area (Å²) < 4.78 is 48.7. The fraction of sp³-hybridized carbons (Fsp3) is 1.00. The molecule has 0 aromatic carbocycles. The molecule has 0 aromatic rings. The molecular weight excluding hydrogens is 156 g/mol. The molecule has 0 heterocycles. The second-order valence-corrected chi connectivity index (χ2v) is 1.52. The average molecular weight is 162 g/mol. The van der Waals surface area contributed by atoms with Crippen molar-refractivity contribution in [2.75, 3.05) is 13.2 Å². The zero-order valence-electron chi connectivity index (χ0n) is 4.86. The van der Waals surface area contributed by atoms with Crippen LogP contribution in [0.4, 0.5) is 17.6 Å². The van der Waals surface area contributed by atoms with Gasteiger partial charge in [-0.1, -0.05) is 0 Å². The van der Waals surface area contributed by atoms with Crippen molar-refractivity contribution in [3.05, 3.63) is 0 Å². The Morgan fingerprint density at radius 3 is 2.20 bits per heavy atom. The highest BCUT2D eigenvalue weighted by molar-refractivity contribution is 4.46. The fourth-order valence-corrected chi connectivity index (χ4v) is 0.238. The maximum Gasteiger partial charge on any atom is 0.411 e. The molecule has 0 saturated heterocycles. The van der Waals surface area contributed by atoms with Gasteiger partial charge in [-0.2, -0.15) is 13.2 Å². The molecule has 62 valence electrons. The predicted molar refractivity (Wildman–Crippen MR) is 24.0 cm³/mol. The molecule has 1 atom stereocenters. The first-order valence-electron chi connectivity index (χ1n) is 2.39. The monoisotopic (exact) mass is 162 g/mol. The summed E-state index contributed by atoms with van der Waals surface area (Å²) in [5, 5.41) is 7.86. The van der Waals surface area contributed by atoms with Crippen LogP contribution in [-0.4, -0.2) is 30.9 Å². The molecule has 0 fully saturated rings. The standard InChI is InChI=1S/C4H6F4O2/c5-3(1-9)10-2-4(6,7)8/h3,9H,1-2H2. The Kier molecular flexibility index (Phi) is 3.59. The van der Waals surface area contributed by atoms with Gasteiger partial charge in [-0.15, -0.1) is 0 Å². The summed E-state index contributed by atoms with van der Waals surface area (Å²) in [6.07, 6.45) is -6.79. The number of halogens is 4. The van der Waals surface area contributed by atoms with Gasteiger partial charge in [-0.05, 0) is 0 Å². The molecule has 0 amide bonds. The van der Waals surface area contributed by atoms with E-state index in [-0.39, 0.29) is 0 Å². The molecule has 10 heavy (non-hydrogen) atoms. The van der Waals surface area contributed by atoms with E-state index >= 15 is 0 Å². The van der Waals surface area contributed by atoms with Crippen molar-refractivity contribution in [1.29, 1.82) is 0 Å². The topological polar surface area (TPSA) is 29.5 Å². The van der Waals surface area contributed by atoms with Gasteiger partial charge in [0.2, 0.25) is 6.36 Å². The first-order chi connectivity index (χ1) is 4.45. The van der Waals surface area contributed by atoms with Crippen LogP contribution in [0.15, 0.2) is 0 Å². The van der Waals surface area contributed by atoms with Crippen molar-refractivity contribution in [2.24, 2.45) is 0 Å². The van der Waals surface area contributed by atoms with E-state index in [9.17, 15) is 17.6 Å². The van der Waals surface area contributed by atoms with E-state index in [0.29, 0.717) is 0 Å². The van der Waals surface area contributed by atoms with Crippen molar-refractivity contribution in [3.63, 3.8) is 0 Å². The average Bonchev–Trinajstić information content (AvgIpc) is 1.81. The molecule has 2 nitrogen and oxygen atoms in total. The SMILES string of the molecule is OCC(F)OCC(F)(F)F. The Morgan fingerprint density at radius 2 is 1.90 bits per heavy atom. The summed E-state index contributed by atoms with van der Waals surface area (Å²) in [6.45, 7) is -2.73. The first kappa shape index (κ1) is 9.64. The van der Waals surface area contributed by atoms with E-state index in [1.807, 2.05) is 0 Å². The van der Waals surface area contributed by atoms with Gasteiger partial charge in [0.15, 0.2) is 0 Å². The second-order valence-electron chi connectivity index (χ2n) is 1.52. The van der Waals surface area contributed by atoms with Crippen LogP contribution in [-0.2, 0) is 4.74 Å². The Balaban J connectivity index is 3.36. The Hall–Kier alpha value is -0.360. The fourth-order valence-electron chi connectivity index (χ4n) is 0.238. The molecule has 0 aliphatic heterocycles. The molecule has 0 saturated carbocycles. The van der Waals surface area contributed by atoms with Crippen LogP contribution in [0.1, 0.15) is 0 Å². The summed E-state index contributed by atoms with van der Waals surface area (Å²) in [4.78, 5) is 0. The van der Waals surface area contributed by atoms with Crippen LogP contribution in [0.25, 0.3) is 0 Å². The number of alkyl halides is 4. The maximum absolute atomic E-state index is 11.7. The van der Waals surface area contributed by atoms with Crippen LogP contribution in [0.3, 0.4) is 0 Å². The highest BCUT2D eigenvalue weighted by Gasteiger charge is 2.28. The summed E-state index contributed by atoms with van der Waals surface area (Å²) in [5.74, 6) is 0. The van der Waals surface area contributed by atoms with E-state index in [0.717, 1.165) is 0 Å². The van der Waals surface area contributed by atoms with Gasteiger partial charge in [0, 0.05) is 0 Å². The number of aliphatic hydroxyl groups excluding tert-OH is 1. The van der Waals surface area contributed by atoms with Gasteiger partial charge in [-0.3, -0.25) is 0 Å². The molecule has 1 unspecified atom stereocenters. The molecule has 0 bridgehead atoms. The molecule has 0 radical (unpaired) electrons. The zero-order chi connectivity index (χ0) is 8.20. The Morgan fingerprint density at radius 1 is 1.40 bits per heavy atom. The van der Waals surface area contributed by atoms with E-state index in [1.165, 1.54) is 0 Å². The van der Waals surface area contributed by atoms with Crippen molar-refractivity contribution >= 4 is 0 Å². The molecule has 0 aliphatic rings. The lowest BCUT2D eigenvalue weighted by atomic mass is 10.7. The zero-order valence-corrected chi connectivity index (χ0v) is 4.86. The van der Waals surface area contributed by atoms with Gasteiger partial charge >= 0.3 is 6.18 Å². The Bertz CT molecular complexity index is 91.7. The normalized spacial score (nSPS) is 15.3. The van der Waals surface area contributed by atoms with Crippen LogP contribution in [0.2, 0.25) is 0 Å². The number of hydrogen-bond donors (Lipinski definition) is 1. The van der Waals surface area contributed by atoms with E-state index in [1.54, 1.807) is 0 Å². The van der Waals surface area contributed by atoms with Crippen LogP contribution < -0.4 is 0 Å². The first-order valence-corrected chi connectivity index (χ1v) is 2.39. The minimum atomic E-state index is -4.54. The minimum absolute atomic E-state index is 1.06. The van der Waals surface area contributed by atoms with Crippen molar-refractivity contribution in [1.82, 2.24) is 0 Å². The van der Waals surface area contributed by atoms with E-state index < -0.39 is 25.7 Å². The van der Waals surface area contributed by atoms with Gasteiger partial charge in [0.1, 0.15) is 6.61 Å². The van der Waals surface area contributed by atoms with Crippen molar-refractivity contribution in [3.8, 4) is 0 Å². The van der Waals surface area contributed by atoms with E-state index in [4.69, 9.17) is 5.11 Å². The van der Waals surface area contributed by atoms with E-state index in [2.05, 4.69) is 4.74 Å². The third-order valence-electron chi connectivity index (χ3n) is 0.571. The largest absolute Gasteiger partial charge is 0.411 e. The van der Waals surface area contributed by atoms with Crippen molar-refractivity contribution < 1.29 is 27.4 Å². The molecule has 6 heteroatoms. The molecule has 1 N–H and O–H groups in total. The summed E-state index contributed by atoms with van der Waals surface area (Å²) in [7, 11) is 0. The Labute approximate surface area is 54.4 Å². The molecule has 0 aromatic heterocycles. The van der Waals surface area contributed by atoms with Crippen LogP contribution >= 0.6 is 0 Å². The van der Waals surface area contributed by atoms with Crippen LogP contribution in [0.5, 0.6) is 0 Å². The minimum Gasteiger partial charge on any atom is -0.391 e. The third-order valence-corrected chi connectivity index (χ3v) is 0.571. The summed E-state index contributed by atoms with van der Waals surface area (Å²) >= 11 is 0. The predicted octanol–water partition coefficient (Wildman–Crippen LogP) is 0.853. The summed E-state index contributed by atoms with van der Waals surface area (Å²) in [6, 6.07) is 0. The highest BCUT2D eigenvalue weighted by atomic mass is 19.4. The third kappa shape index (κ3) is 5.77. The quantitative estimate of drug-likeness (QED) is 0.623. The lowest BCUT2D eigenvalue weighted by molar-refractivity contribution is -0.206. The van der Waals surface area contributed by atoms with Crippen LogP contribution in [0, 0.1) is 0 Å². The number of rotatable bonds is 3. The molecular formula is C4H6F4O2. The van der Waals surface area contributed by atoms with Gasteiger partial charge in [-0.25, -0.2) is 4.39 Å². The molecule has 0 spiro atoms. The van der Waals surface area contributed by atoms with Gasteiger partial charge in [0.05, 0.1) is 6.61 Å². The molecule has 0 aliphatic carbocycles. The number of hydrogen-bond acceptors (Lipinski definition) is 2. The smallest absolute Gasteiger partial charge is 0.391 e. The van der Waals surface area contributed by atoms with Gasteiger partial charge < -0.3 is 9.84 Å². The number of aliphatic hydroxyl groups is 1. The van der Waals surface area contributed by atoms with Gasteiger partial charge in [0.25, 0.3) is 0 Å². The molecule has 0 rings (SSSR count). The van der Waals surface area contributed by atoms with Crippen molar-refractivity contribution in [2.45, 2.75) is 12.5 Å². The summed E-state index contributed by atoms with van der Waals surface area (Å²) in [5.41, 5.74) is 0. The number of ether oxygens (including phenoxy) is 1. The second kappa shape index (κ2) is 3.72. The maximum atomic E-state index is 11.7. The lowest BCUT2D eigenvalue weighted by Crippen LogP contribution is -2.22.